The summed E-state index contributed by atoms with van der Waals surface area (Å²) >= 11 is 0. The summed E-state index contributed by atoms with van der Waals surface area (Å²) in [6, 6.07) is 1.78. The van der Waals surface area contributed by atoms with E-state index < -0.39 is 0 Å². The predicted molar refractivity (Wildman–Crippen MR) is 52.5 cm³/mol. The number of nitrogens with zero attached hydrogens (tertiary/aromatic N) is 3. The van der Waals surface area contributed by atoms with Crippen LogP contribution in [0.3, 0.4) is 0 Å². The van der Waals surface area contributed by atoms with E-state index in [-0.39, 0.29) is 5.92 Å². The van der Waals surface area contributed by atoms with Crippen molar-refractivity contribution < 1.29 is 4.79 Å². The highest BCUT2D eigenvalue weighted by Gasteiger charge is 2.14. The average Bonchev–Trinajstić information content (AvgIpc) is 2.56. The lowest BCUT2D eigenvalue weighted by molar-refractivity contribution is 0.111. The molecule has 0 aliphatic carbocycles. The molecular weight excluding hydrogens is 178 g/mol. The minimum Gasteiger partial charge on any atom is -0.296 e. The second kappa shape index (κ2) is 3.21. The van der Waals surface area contributed by atoms with Crippen LogP contribution in [0.5, 0.6) is 0 Å². The third kappa shape index (κ3) is 1.19. The largest absolute Gasteiger partial charge is 0.296 e. The lowest BCUT2D eigenvalue weighted by Crippen LogP contribution is -1.96. The smallest absolute Gasteiger partial charge is 0.234 e. The molecule has 2 rings (SSSR count). The van der Waals surface area contributed by atoms with Crippen molar-refractivity contribution in [2.75, 3.05) is 0 Å². The van der Waals surface area contributed by atoms with Gasteiger partial charge in [0, 0.05) is 12.4 Å². The van der Waals surface area contributed by atoms with E-state index in [4.69, 9.17) is 0 Å². The Morgan fingerprint density at radius 3 is 2.93 bits per heavy atom. The van der Waals surface area contributed by atoms with Crippen LogP contribution in [0.1, 0.15) is 35.9 Å². The Morgan fingerprint density at radius 1 is 1.50 bits per heavy atom. The molecule has 2 aromatic rings. The molecule has 0 spiro atoms. The van der Waals surface area contributed by atoms with Crippen molar-refractivity contribution >= 4 is 12.1 Å². The van der Waals surface area contributed by atoms with Crippen LogP contribution in [0.15, 0.2) is 18.5 Å². The zero-order valence-electron chi connectivity index (χ0n) is 8.14. The second-order valence-corrected chi connectivity index (χ2v) is 3.44. The van der Waals surface area contributed by atoms with Gasteiger partial charge in [-0.05, 0) is 12.0 Å². The fraction of sp³-hybridized carbons (Fsp3) is 0.300. The van der Waals surface area contributed by atoms with Gasteiger partial charge < -0.3 is 0 Å². The maximum Gasteiger partial charge on any atom is 0.234 e. The first-order chi connectivity index (χ1) is 6.74. The molecule has 0 bridgehead atoms. The third-order valence-corrected chi connectivity index (χ3v) is 2.13. The monoisotopic (exact) mass is 189 g/mol. The minimum absolute atomic E-state index is 0.233. The van der Waals surface area contributed by atoms with Crippen LogP contribution in [-0.2, 0) is 0 Å². The molecule has 2 heterocycles. The molecule has 0 aromatic carbocycles. The van der Waals surface area contributed by atoms with Crippen molar-refractivity contribution in [2.45, 2.75) is 19.8 Å². The third-order valence-electron chi connectivity index (χ3n) is 2.13. The lowest BCUT2D eigenvalue weighted by Gasteiger charge is -1.99. The highest BCUT2D eigenvalue weighted by molar-refractivity contribution is 5.76. The Labute approximate surface area is 81.6 Å². The zero-order chi connectivity index (χ0) is 10.1. The summed E-state index contributed by atoms with van der Waals surface area (Å²) in [7, 11) is 0. The number of hydrogen-bond donors (Lipinski definition) is 0. The summed E-state index contributed by atoms with van der Waals surface area (Å²) in [5.41, 5.74) is 1.40. The minimum atomic E-state index is 0.233. The highest BCUT2D eigenvalue weighted by Crippen LogP contribution is 2.17. The summed E-state index contributed by atoms with van der Waals surface area (Å²) in [6.45, 7) is 4.02. The number of aldehydes is 1. The van der Waals surface area contributed by atoms with Crippen molar-refractivity contribution in [3.8, 4) is 0 Å². The molecule has 0 fully saturated rings. The van der Waals surface area contributed by atoms with E-state index in [1.54, 1.807) is 22.9 Å². The molecular formula is C10H11N3O. The van der Waals surface area contributed by atoms with Gasteiger partial charge in [-0.25, -0.2) is 9.97 Å². The van der Waals surface area contributed by atoms with Crippen LogP contribution in [0, 0.1) is 0 Å². The van der Waals surface area contributed by atoms with Gasteiger partial charge in [0.1, 0.15) is 5.69 Å². The Balaban J connectivity index is 2.78. The molecule has 0 atom stereocenters. The van der Waals surface area contributed by atoms with Crippen molar-refractivity contribution in [1.29, 1.82) is 0 Å². The van der Waals surface area contributed by atoms with Gasteiger partial charge in [0.2, 0.25) is 5.78 Å². The van der Waals surface area contributed by atoms with Gasteiger partial charge in [0.05, 0.1) is 5.69 Å². The molecule has 0 radical (unpaired) electrons. The molecule has 72 valence electrons. The fourth-order valence-corrected chi connectivity index (χ4v) is 1.46. The average molecular weight is 189 g/mol. The summed E-state index contributed by atoms with van der Waals surface area (Å²) in [4.78, 5) is 19.3. The van der Waals surface area contributed by atoms with E-state index in [0.29, 0.717) is 11.5 Å². The molecule has 14 heavy (non-hydrogen) atoms. The van der Waals surface area contributed by atoms with E-state index in [1.165, 1.54) is 0 Å². The number of hydrogen-bond acceptors (Lipinski definition) is 3. The van der Waals surface area contributed by atoms with Gasteiger partial charge >= 0.3 is 0 Å². The van der Waals surface area contributed by atoms with Crippen LogP contribution < -0.4 is 0 Å². The van der Waals surface area contributed by atoms with Crippen molar-refractivity contribution in [3.05, 3.63) is 29.8 Å². The lowest BCUT2D eigenvalue weighted by atomic mass is 10.1. The summed E-state index contributed by atoms with van der Waals surface area (Å²) in [6.07, 6.45) is 4.29. The number of carbonyl (C=O) groups is 1. The SMILES string of the molecule is CC(C)c1nc2ncccn2c1C=O. The fourth-order valence-electron chi connectivity index (χ4n) is 1.46. The second-order valence-electron chi connectivity index (χ2n) is 3.44. The van der Waals surface area contributed by atoms with E-state index in [2.05, 4.69) is 9.97 Å². The summed E-state index contributed by atoms with van der Waals surface area (Å²) < 4.78 is 1.71. The van der Waals surface area contributed by atoms with Crippen LogP contribution in [0.4, 0.5) is 0 Å². The summed E-state index contributed by atoms with van der Waals surface area (Å²) in [5, 5.41) is 0. The Kier molecular flexibility index (Phi) is 2.04. The molecule has 4 heteroatoms. The van der Waals surface area contributed by atoms with E-state index >= 15 is 0 Å². The number of imidazole rings is 1. The van der Waals surface area contributed by atoms with Gasteiger partial charge in [0.25, 0.3) is 0 Å². The Bertz CT molecular complexity index is 473. The van der Waals surface area contributed by atoms with Crippen LogP contribution >= 0.6 is 0 Å². The van der Waals surface area contributed by atoms with Gasteiger partial charge in [-0.2, -0.15) is 0 Å². The molecule has 0 aliphatic rings. The van der Waals surface area contributed by atoms with Crippen LogP contribution in [0.2, 0.25) is 0 Å². The number of fused-ring (bicyclic) bond motifs is 1. The number of carbonyl (C=O) groups excluding carboxylic acids is 1. The first-order valence-corrected chi connectivity index (χ1v) is 4.52. The maximum absolute atomic E-state index is 10.9. The quantitative estimate of drug-likeness (QED) is 0.675. The van der Waals surface area contributed by atoms with Gasteiger partial charge in [-0.15, -0.1) is 0 Å². The molecule has 0 aliphatic heterocycles. The standard InChI is InChI=1S/C10H11N3O/c1-7(2)9-8(6-14)13-5-3-4-11-10(13)12-9/h3-7H,1-2H3. The molecule has 0 N–H and O–H groups in total. The first-order valence-electron chi connectivity index (χ1n) is 4.52. The molecule has 0 amide bonds. The predicted octanol–water partition coefficient (Wildman–Crippen LogP) is 1.67. The van der Waals surface area contributed by atoms with Crippen molar-refractivity contribution in [1.82, 2.24) is 14.4 Å². The Morgan fingerprint density at radius 2 is 2.29 bits per heavy atom. The van der Waals surface area contributed by atoms with E-state index in [0.717, 1.165) is 12.0 Å². The van der Waals surface area contributed by atoms with Crippen LogP contribution in [0.25, 0.3) is 5.78 Å². The van der Waals surface area contributed by atoms with Crippen LogP contribution in [-0.4, -0.2) is 20.7 Å². The molecule has 4 nitrogen and oxygen atoms in total. The van der Waals surface area contributed by atoms with Crippen molar-refractivity contribution in [3.63, 3.8) is 0 Å². The highest BCUT2D eigenvalue weighted by atomic mass is 16.1. The topological polar surface area (TPSA) is 47.3 Å². The van der Waals surface area contributed by atoms with Gasteiger partial charge in [-0.3, -0.25) is 9.20 Å². The van der Waals surface area contributed by atoms with Crippen molar-refractivity contribution in [2.24, 2.45) is 0 Å². The number of aromatic nitrogens is 3. The van der Waals surface area contributed by atoms with Gasteiger partial charge in [-0.1, -0.05) is 13.8 Å². The van der Waals surface area contributed by atoms with E-state index in [9.17, 15) is 4.79 Å². The molecule has 2 aromatic heterocycles. The number of rotatable bonds is 2. The van der Waals surface area contributed by atoms with E-state index in [1.807, 2.05) is 13.8 Å². The summed E-state index contributed by atoms with van der Waals surface area (Å²) in [5.74, 6) is 0.815. The first kappa shape index (κ1) is 8.87. The molecule has 0 saturated carbocycles. The maximum atomic E-state index is 10.9. The molecule has 0 unspecified atom stereocenters. The Hall–Kier alpha value is -1.71. The van der Waals surface area contributed by atoms with Gasteiger partial charge in [0.15, 0.2) is 6.29 Å². The zero-order valence-corrected chi connectivity index (χ0v) is 8.14. The molecule has 0 saturated heterocycles. The normalized spacial score (nSPS) is 11.1.